The zero-order chi connectivity index (χ0) is 13.8. The molecule has 1 aromatic carbocycles. The van der Waals surface area contributed by atoms with Crippen molar-refractivity contribution in [3.05, 3.63) is 62.9 Å². The summed E-state index contributed by atoms with van der Waals surface area (Å²) in [5.74, 6) is -0.511. The second-order valence-corrected chi connectivity index (χ2v) is 4.14. The third kappa shape index (κ3) is 3.13. The van der Waals surface area contributed by atoms with E-state index in [1.807, 2.05) is 0 Å². The van der Waals surface area contributed by atoms with E-state index in [4.69, 9.17) is 25.9 Å². The fraction of sp³-hybridized carbons (Fsp3) is 0.154. The molecule has 6 heteroatoms. The topological polar surface area (TPSA) is 59.7 Å². The van der Waals surface area contributed by atoms with Gasteiger partial charge in [0.1, 0.15) is 31.1 Å². The standard InChI is InChI=1S/C13H10ClFO4/c14-10-3-1-2-8(13(10)15)6-19-12-7-18-9(5-16)4-11(12)17/h1-4,7,16H,5-6H2. The molecule has 2 rings (SSSR count). The molecule has 4 nitrogen and oxygen atoms in total. The quantitative estimate of drug-likeness (QED) is 0.937. The van der Waals surface area contributed by atoms with Crippen LogP contribution in [0.4, 0.5) is 4.39 Å². The van der Waals surface area contributed by atoms with Gasteiger partial charge in [0.05, 0.1) is 5.02 Å². The second-order valence-electron chi connectivity index (χ2n) is 3.73. The van der Waals surface area contributed by atoms with Gasteiger partial charge in [-0.1, -0.05) is 23.7 Å². The zero-order valence-electron chi connectivity index (χ0n) is 9.73. The SMILES string of the molecule is O=c1cc(CO)occ1OCc1cccc(Cl)c1F. The molecule has 2 aromatic rings. The Morgan fingerprint density at radius 2 is 2.21 bits per heavy atom. The minimum atomic E-state index is -0.583. The predicted octanol–water partition coefficient (Wildman–Crippen LogP) is 2.50. The summed E-state index contributed by atoms with van der Waals surface area (Å²) in [5.41, 5.74) is -0.212. The highest BCUT2D eigenvalue weighted by molar-refractivity contribution is 6.30. The molecule has 0 radical (unpaired) electrons. The molecule has 0 bridgehead atoms. The van der Waals surface area contributed by atoms with Gasteiger partial charge in [0.25, 0.3) is 0 Å². The number of ether oxygens (including phenoxy) is 1. The van der Waals surface area contributed by atoms with Crippen LogP contribution in [0.5, 0.6) is 5.75 Å². The zero-order valence-corrected chi connectivity index (χ0v) is 10.5. The van der Waals surface area contributed by atoms with Gasteiger partial charge in [0.15, 0.2) is 0 Å². The smallest absolute Gasteiger partial charge is 0.227 e. The lowest BCUT2D eigenvalue weighted by molar-refractivity contribution is 0.235. The van der Waals surface area contributed by atoms with Gasteiger partial charge in [0, 0.05) is 11.6 Å². The normalized spacial score (nSPS) is 10.5. The van der Waals surface area contributed by atoms with E-state index in [2.05, 4.69) is 0 Å². The number of aliphatic hydroxyl groups is 1. The van der Waals surface area contributed by atoms with Crippen LogP contribution in [0.1, 0.15) is 11.3 Å². The third-order valence-electron chi connectivity index (χ3n) is 2.42. The molecule has 19 heavy (non-hydrogen) atoms. The lowest BCUT2D eigenvalue weighted by Gasteiger charge is -2.07. The van der Waals surface area contributed by atoms with Crippen LogP contribution in [0.25, 0.3) is 0 Å². The first-order chi connectivity index (χ1) is 9.11. The highest BCUT2D eigenvalue weighted by Gasteiger charge is 2.09. The Hall–Kier alpha value is -1.85. The first-order valence-electron chi connectivity index (χ1n) is 5.40. The number of hydrogen-bond donors (Lipinski definition) is 1. The third-order valence-corrected chi connectivity index (χ3v) is 2.71. The number of rotatable bonds is 4. The molecular weight excluding hydrogens is 275 g/mol. The van der Waals surface area contributed by atoms with Crippen LogP contribution in [0.3, 0.4) is 0 Å². The van der Waals surface area contributed by atoms with Crippen molar-refractivity contribution in [3.8, 4) is 5.75 Å². The molecule has 0 aliphatic heterocycles. The van der Waals surface area contributed by atoms with Gasteiger partial charge in [-0.15, -0.1) is 0 Å². The number of hydrogen-bond acceptors (Lipinski definition) is 4. The van der Waals surface area contributed by atoms with Gasteiger partial charge >= 0.3 is 0 Å². The maximum atomic E-state index is 13.6. The van der Waals surface area contributed by atoms with Crippen LogP contribution >= 0.6 is 11.6 Å². The molecular formula is C13H10ClFO4. The number of benzene rings is 1. The van der Waals surface area contributed by atoms with Crippen LogP contribution in [-0.4, -0.2) is 5.11 Å². The summed E-state index contributed by atoms with van der Waals surface area (Å²) in [7, 11) is 0. The van der Waals surface area contributed by atoms with Gasteiger partial charge in [0.2, 0.25) is 11.2 Å². The fourth-order valence-corrected chi connectivity index (χ4v) is 1.64. The molecule has 1 aromatic heterocycles. The van der Waals surface area contributed by atoms with Gasteiger partial charge < -0.3 is 14.3 Å². The lowest BCUT2D eigenvalue weighted by Crippen LogP contribution is -2.08. The van der Waals surface area contributed by atoms with Gasteiger partial charge in [-0.25, -0.2) is 4.39 Å². The molecule has 0 aliphatic rings. The molecule has 100 valence electrons. The van der Waals surface area contributed by atoms with Crippen molar-refractivity contribution < 1.29 is 18.7 Å². The summed E-state index contributed by atoms with van der Waals surface area (Å²) in [4.78, 5) is 11.6. The van der Waals surface area contributed by atoms with Crippen molar-refractivity contribution in [2.24, 2.45) is 0 Å². The van der Waals surface area contributed by atoms with E-state index in [1.54, 1.807) is 6.07 Å². The van der Waals surface area contributed by atoms with E-state index in [-0.39, 0.29) is 35.3 Å². The van der Waals surface area contributed by atoms with E-state index >= 15 is 0 Å². The van der Waals surface area contributed by atoms with E-state index in [9.17, 15) is 9.18 Å². The molecule has 0 fully saturated rings. The summed E-state index contributed by atoms with van der Waals surface area (Å²) in [5, 5.41) is 8.78. The molecule has 0 saturated carbocycles. The Labute approximate surface area is 113 Å². The molecule has 0 unspecified atom stereocenters. The summed E-state index contributed by atoms with van der Waals surface area (Å²) in [6.07, 6.45) is 1.08. The Bertz CT molecular complexity index is 639. The van der Waals surface area contributed by atoms with E-state index in [0.29, 0.717) is 0 Å². The van der Waals surface area contributed by atoms with Crippen LogP contribution in [0.15, 0.2) is 39.7 Å². The molecule has 0 aliphatic carbocycles. The minimum absolute atomic E-state index is 0.0104. The van der Waals surface area contributed by atoms with E-state index in [1.165, 1.54) is 12.1 Å². The lowest BCUT2D eigenvalue weighted by atomic mass is 10.2. The van der Waals surface area contributed by atoms with E-state index in [0.717, 1.165) is 12.3 Å². The summed E-state index contributed by atoms with van der Waals surface area (Å²) in [6, 6.07) is 5.63. The second kappa shape index (κ2) is 5.86. The van der Waals surface area contributed by atoms with Crippen molar-refractivity contribution in [1.82, 2.24) is 0 Å². The largest absolute Gasteiger partial charge is 0.482 e. The summed E-state index contributed by atoms with van der Waals surface area (Å²) >= 11 is 5.63. The van der Waals surface area contributed by atoms with Crippen LogP contribution in [0.2, 0.25) is 5.02 Å². The molecule has 0 saturated heterocycles. The Morgan fingerprint density at radius 3 is 2.89 bits per heavy atom. The van der Waals surface area contributed by atoms with Gasteiger partial charge in [-0.3, -0.25) is 4.79 Å². The molecule has 1 heterocycles. The van der Waals surface area contributed by atoms with Crippen LogP contribution in [0, 0.1) is 5.82 Å². The number of halogens is 2. The average Bonchev–Trinajstić information content (AvgIpc) is 2.41. The van der Waals surface area contributed by atoms with Crippen molar-refractivity contribution in [1.29, 1.82) is 0 Å². The van der Waals surface area contributed by atoms with Gasteiger partial charge in [-0.2, -0.15) is 0 Å². The molecule has 0 amide bonds. The van der Waals surface area contributed by atoms with Crippen molar-refractivity contribution in [2.45, 2.75) is 13.2 Å². The first-order valence-corrected chi connectivity index (χ1v) is 5.78. The van der Waals surface area contributed by atoms with Crippen molar-refractivity contribution >= 4 is 11.6 Å². The fourth-order valence-electron chi connectivity index (χ4n) is 1.44. The monoisotopic (exact) mass is 284 g/mol. The van der Waals surface area contributed by atoms with Crippen LogP contribution in [-0.2, 0) is 13.2 Å². The Morgan fingerprint density at radius 1 is 1.42 bits per heavy atom. The molecule has 0 atom stereocenters. The highest BCUT2D eigenvalue weighted by Crippen LogP contribution is 2.19. The Balaban J connectivity index is 2.15. The predicted molar refractivity (Wildman–Crippen MR) is 66.6 cm³/mol. The molecule has 0 spiro atoms. The highest BCUT2D eigenvalue weighted by atomic mass is 35.5. The van der Waals surface area contributed by atoms with Gasteiger partial charge in [-0.05, 0) is 6.07 Å². The van der Waals surface area contributed by atoms with E-state index < -0.39 is 11.2 Å². The van der Waals surface area contributed by atoms with Crippen molar-refractivity contribution in [3.63, 3.8) is 0 Å². The molecule has 1 N–H and O–H groups in total. The Kier molecular flexibility index (Phi) is 4.19. The minimum Gasteiger partial charge on any atom is -0.482 e. The first kappa shape index (κ1) is 13.6. The maximum Gasteiger partial charge on any atom is 0.227 e. The average molecular weight is 285 g/mol. The number of aliphatic hydroxyl groups excluding tert-OH is 1. The maximum absolute atomic E-state index is 13.6. The summed E-state index contributed by atoms with van der Waals surface area (Å²) in [6.45, 7) is -0.520. The van der Waals surface area contributed by atoms with Crippen LogP contribution < -0.4 is 10.2 Å². The van der Waals surface area contributed by atoms with Crippen molar-refractivity contribution in [2.75, 3.05) is 0 Å². The summed E-state index contributed by atoms with van der Waals surface area (Å²) < 4.78 is 23.7.